The molecular formula is C18H33NO2. The summed E-state index contributed by atoms with van der Waals surface area (Å²) in [4.78, 5) is 12.5. The van der Waals surface area contributed by atoms with Crippen LogP contribution in [0.2, 0.25) is 0 Å². The molecule has 122 valence electrons. The Morgan fingerprint density at radius 2 is 1.81 bits per heavy atom. The average molecular weight is 295 g/mol. The molecule has 0 aromatic rings. The highest BCUT2D eigenvalue weighted by molar-refractivity contribution is 5.79. The number of hydrogen-bond donors (Lipinski definition) is 2. The molecule has 0 saturated heterocycles. The summed E-state index contributed by atoms with van der Waals surface area (Å²) < 4.78 is 0. The van der Waals surface area contributed by atoms with Gasteiger partial charge in [-0.2, -0.15) is 0 Å². The third-order valence-electron chi connectivity index (χ3n) is 5.65. The van der Waals surface area contributed by atoms with Gasteiger partial charge in [0.1, 0.15) is 0 Å². The average Bonchev–Trinajstić information content (AvgIpc) is 2.54. The van der Waals surface area contributed by atoms with E-state index in [9.17, 15) is 9.90 Å². The van der Waals surface area contributed by atoms with Crippen LogP contribution in [0.25, 0.3) is 0 Å². The molecule has 3 heteroatoms. The van der Waals surface area contributed by atoms with Gasteiger partial charge in [0.05, 0.1) is 0 Å². The van der Waals surface area contributed by atoms with E-state index >= 15 is 0 Å². The molecule has 0 heterocycles. The quantitative estimate of drug-likeness (QED) is 0.786. The monoisotopic (exact) mass is 295 g/mol. The maximum atomic E-state index is 12.5. The fraction of sp³-hybridized carbons (Fsp3) is 0.944. The number of rotatable bonds is 6. The lowest BCUT2D eigenvalue weighted by atomic mass is 9.79. The largest absolute Gasteiger partial charge is 0.396 e. The number of amides is 1. The summed E-state index contributed by atoms with van der Waals surface area (Å²) in [5.41, 5.74) is 0. The van der Waals surface area contributed by atoms with Crippen molar-refractivity contribution in [3.05, 3.63) is 0 Å². The maximum Gasteiger partial charge on any atom is 0.223 e. The van der Waals surface area contributed by atoms with E-state index < -0.39 is 0 Å². The van der Waals surface area contributed by atoms with E-state index in [1.54, 1.807) is 0 Å². The summed E-state index contributed by atoms with van der Waals surface area (Å²) in [6, 6.07) is 0.217. The molecular weight excluding hydrogens is 262 g/mol. The van der Waals surface area contributed by atoms with E-state index in [0.29, 0.717) is 0 Å². The third-order valence-corrected chi connectivity index (χ3v) is 5.65. The Bertz CT molecular complexity index is 310. The minimum atomic E-state index is 0.217. The number of aliphatic hydroxyl groups is 1. The van der Waals surface area contributed by atoms with E-state index in [2.05, 4.69) is 12.2 Å². The maximum absolute atomic E-state index is 12.5. The van der Waals surface area contributed by atoms with Gasteiger partial charge in [-0.15, -0.1) is 0 Å². The van der Waals surface area contributed by atoms with Crippen molar-refractivity contribution in [2.75, 3.05) is 6.61 Å². The summed E-state index contributed by atoms with van der Waals surface area (Å²) >= 11 is 0. The summed E-state index contributed by atoms with van der Waals surface area (Å²) in [5.74, 6) is 1.62. The van der Waals surface area contributed by atoms with Gasteiger partial charge in [-0.25, -0.2) is 0 Å². The van der Waals surface area contributed by atoms with Crippen LogP contribution in [0.3, 0.4) is 0 Å². The fourth-order valence-corrected chi connectivity index (χ4v) is 4.12. The van der Waals surface area contributed by atoms with Crippen LogP contribution in [0.5, 0.6) is 0 Å². The molecule has 3 nitrogen and oxygen atoms in total. The normalized spacial score (nSPS) is 33.6. The minimum absolute atomic E-state index is 0.217. The molecule has 2 N–H and O–H groups in total. The molecule has 0 aromatic heterocycles. The van der Waals surface area contributed by atoms with Crippen molar-refractivity contribution in [1.82, 2.24) is 5.32 Å². The predicted octanol–water partition coefficient (Wildman–Crippen LogP) is 3.65. The second-order valence-corrected chi connectivity index (χ2v) is 7.20. The summed E-state index contributed by atoms with van der Waals surface area (Å²) in [7, 11) is 0. The third kappa shape index (κ3) is 4.98. The van der Waals surface area contributed by atoms with Gasteiger partial charge in [0.15, 0.2) is 0 Å². The van der Waals surface area contributed by atoms with Gasteiger partial charge < -0.3 is 10.4 Å². The van der Waals surface area contributed by atoms with Gasteiger partial charge in [-0.05, 0) is 44.4 Å². The zero-order chi connectivity index (χ0) is 15.1. The molecule has 0 aliphatic heterocycles. The molecule has 0 bridgehead atoms. The number of carbonyl (C=O) groups is 1. The standard InChI is InChI=1S/C18H33NO2/c1-2-3-6-14-9-11-15(12-10-14)18(21)19-17-8-5-4-7-16(17)13-20/h14-17,20H,2-13H2,1H3,(H,19,21). The summed E-state index contributed by atoms with van der Waals surface area (Å²) in [6.45, 7) is 2.47. The van der Waals surface area contributed by atoms with Crippen molar-refractivity contribution >= 4 is 5.91 Å². The lowest BCUT2D eigenvalue weighted by Gasteiger charge is -2.34. The second-order valence-electron chi connectivity index (χ2n) is 7.20. The zero-order valence-electron chi connectivity index (χ0n) is 13.7. The van der Waals surface area contributed by atoms with Crippen LogP contribution in [-0.2, 0) is 4.79 Å². The molecule has 2 rings (SSSR count). The van der Waals surface area contributed by atoms with Crippen LogP contribution in [-0.4, -0.2) is 23.7 Å². The predicted molar refractivity (Wildman–Crippen MR) is 85.9 cm³/mol. The molecule has 2 fully saturated rings. The number of nitrogens with one attached hydrogen (secondary N) is 1. The summed E-state index contributed by atoms with van der Waals surface area (Å²) in [6.07, 6.45) is 13.0. The summed E-state index contributed by atoms with van der Waals surface area (Å²) in [5, 5.41) is 12.7. The lowest BCUT2D eigenvalue weighted by molar-refractivity contribution is -0.127. The Labute approximate surface area is 129 Å². The lowest BCUT2D eigenvalue weighted by Crippen LogP contribution is -2.46. The van der Waals surface area contributed by atoms with E-state index in [4.69, 9.17) is 0 Å². The first-order chi connectivity index (χ1) is 10.2. The molecule has 0 radical (unpaired) electrons. The van der Waals surface area contributed by atoms with Gasteiger partial charge in [0.2, 0.25) is 5.91 Å². The first kappa shape index (κ1) is 16.8. The molecule has 2 saturated carbocycles. The van der Waals surface area contributed by atoms with Crippen LogP contribution < -0.4 is 5.32 Å². The molecule has 1 amide bonds. The Hall–Kier alpha value is -0.570. The molecule has 0 aromatic carbocycles. The van der Waals surface area contributed by atoms with Crippen LogP contribution in [0.4, 0.5) is 0 Å². The molecule has 2 unspecified atom stereocenters. The van der Waals surface area contributed by atoms with Crippen molar-refractivity contribution in [1.29, 1.82) is 0 Å². The van der Waals surface area contributed by atoms with Crippen LogP contribution in [0, 0.1) is 17.8 Å². The fourth-order valence-electron chi connectivity index (χ4n) is 4.12. The van der Waals surface area contributed by atoms with E-state index in [0.717, 1.165) is 31.6 Å². The highest BCUT2D eigenvalue weighted by atomic mass is 16.3. The van der Waals surface area contributed by atoms with Gasteiger partial charge in [-0.1, -0.05) is 39.0 Å². The Morgan fingerprint density at radius 3 is 2.48 bits per heavy atom. The van der Waals surface area contributed by atoms with Crippen molar-refractivity contribution in [3.63, 3.8) is 0 Å². The number of unbranched alkanes of at least 4 members (excludes halogenated alkanes) is 1. The minimum Gasteiger partial charge on any atom is -0.396 e. The Balaban J connectivity index is 1.74. The van der Waals surface area contributed by atoms with Gasteiger partial charge in [0, 0.05) is 24.5 Å². The van der Waals surface area contributed by atoms with Gasteiger partial charge >= 0.3 is 0 Å². The van der Waals surface area contributed by atoms with Crippen LogP contribution in [0.15, 0.2) is 0 Å². The highest BCUT2D eigenvalue weighted by Gasteiger charge is 2.30. The topological polar surface area (TPSA) is 49.3 Å². The smallest absolute Gasteiger partial charge is 0.223 e. The first-order valence-electron chi connectivity index (χ1n) is 9.15. The number of aliphatic hydroxyl groups excluding tert-OH is 1. The Kier molecular flexibility index (Phi) is 7.01. The van der Waals surface area contributed by atoms with Crippen molar-refractivity contribution < 1.29 is 9.90 Å². The SMILES string of the molecule is CCCCC1CCC(C(=O)NC2CCCCC2CO)CC1. The zero-order valence-corrected chi connectivity index (χ0v) is 13.7. The van der Waals surface area contributed by atoms with Crippen LogP contribution in [0.1, 0.15) is 77.6 Å². The number of carbonyl (C=O) groups excluding carboxylic acids is 1. The van der Waals surface area contributed by atoms with Gasteiger partial charge in [-0.3, -0.25) is 4.79 Å². The number of hydrogen-bond acceptors (Lipinski definition) is 2. The van der Waals surface area contributed by atoms with Crippen LogP contribution >= 0.6 is 0 Å². The van der Waals surface area contributed by atoms with E-state index in [-0.39, 0.29) is 30.4 Å². The molecule has 2 atom stereocenters. The van der Waals surface area contributed by atoms with E-state index in [1.807, 2.05) is 0 Å². The highest BCUT2D eigenvalue weighted by Crippen LogP contribution is 2.32. The van der Waals surface area contributed by atoms with Gasteiger partial charge in [0.25, 0.3) is 0 Å². The second kappa shape index (κ2) is 8.77. The molecule has 2 aliphatic rings. The Morgan fingerprint density at radius 1 is 1.10 bits per heavy atom. The van der Waals surface area contributed by atoms with Crippen molar-refractivity contribution in [2.45, 2.75) is 83.6 Å². The molecule has 0 spiro atoms. The molecule has 21 heavy (non-hydrogen) atoms. The first-order valence-corrected chi connectivity index (χ1v) is 9.15. The van der Waals surface area contributed by atoms with Crippen molar-refractivity contribution in [3.8, 4) is 0 Å². The molecule has 2 aliphatic carbocycles. The van der Waals surface area contributed by atoms with Crippen molar-refractivity contribution in [2.24, 2.45) is 17.8 Å². The van der Waals surface area contributed by atoms with E-state index in [1.165, 1.54) is 44.9 Å².